The number of nitrogens with zero attached hydrogens (tertiary/aromatic N) is 1. The van der Waals surface area contributed by atoms with Crippen LogP contribution in [0, 0.1) is 0 Å². The summed E-state index contributed by atoms with van der Waals surface area (Å²) in [6, 6.07) is 4.83. The summed E-state index contributed by atoms with van der Waals surface area (Å²) in [4.78, 5) is 10.7. The zero-order chi connectivity index (χ0) is 10.1. The minimum Gasteiger partial charge on any atom is -0.492 e. The van der Waals surface area contributed by atoms with Crippen molar-refractivity contribution in [2.24, 2.45) is 0 Å². The molecule has 0 saturated heterocycles. The average molecular weight is 192 g/mol. The van der Waals surface area contributed by atoms with Gasteiger partial charge in [0.1, 0.15) is 5.75 Å². The molecule has 0 aliphatic heterocycles. The number of nitrogens with one attached hydrogen (secondary N) is 1. The normalized spacial score (nSPS) is 10.4. The van der Waals surface area contributed by atoms with Gasteiger partial charge in [0.15, 0.2) is 0 Å². The molecule has 2 aromatic rings. The summed E-state index contributed by atoms with van der Waals surface area (Å²) >= 11 is 0. The van der Waals surface area contributed by atoms with Crippen LogP contribution in [0.5, 0.6) is 11.6 Å². The van der Waals surface area contributed by atoms with Crippen LogP contribution in [0.1, 0.15) is 6.92 Å². The number of esters is 1. The highest BCUT2D eigenvalue weighted by atomic mass is 16.5. The number of hydrogen-bond acceptors (Lipinski definition) is 4. The van der Waals surface area contributed by atoms with Crippen LogP contribution in [0.25, 0.3) is 10.9 Å². The molecule has 0 saturated carbocycles. The first-order valence-electron chi connectivity index (χ1n) is 4.02. The molecule has 0 aliphatic carbocycles. The van der Waals surface area contributed by atoms with Crippen molar-refractivity contribution in [3.63, 3.8) is 0 Å². The largest absolute Gasteiger partial charge is 0.492 e. The van der Waals surface area contributed by atoms with Crippen molar-refractivity contribution in [3.8, 4) is 11.6 Å². The fourth-order valence-electron chi connectivity index (χ4n) is 1.21. The Hall–Kier alpha value is -2.04. The summed E-state index contributed by atoms with van der Waals surface area (Å²) in [5.74, 6) is -0.0175. The molecular weight excluding hydrogens is 184 g/mol. The van der Waals surface area contributed by atoms with E-state index in [2.05, 4.69) is 10.2 Å². The summed E-state index contributed by atoms with van der Waals surface area (Å²) < 4.78 is 4.86. The molecule has 14 heavy (non-hydrogen) atoms. The monoisotopic (exact) mass is 192 g/mol. The number of hydrogen-bond donors (Lipinski definition) is 2. The Morgan fingerprint density at radius 3 is 3.07 bits per heavy atom. The van der Waals surface area contributed by atoms with E-state index in [1.165, 1.54) is 6.92 Å². The maximum atomic E-state index is 10.7. The number of ether oxygens (including phenoxy) is 1. The minimum absolute atomic E-state index is 0.0608. The number of carbonyl (C=O) groups is 1. The van der Waals surface area contributed by atoms with Crippen molar-refractivity contribution in [2.45, 2.75) is 6.92 Å². The topological polar surface area (TPSA) is 75.2 Å². The van der Waals surface area contributed by atoms with E-state index in [0.717, 1.165) is 0 Å². The lowest BCUT2D eigenvalue weighted by Gasteiger charge is -1.99. The van der Waals surface area contributed by atoms with Gasteiger partial charge in [0.2, 0.25) is 5.88 Å². The molecule has 0 amide bonds. The number of aromatic hydroxyl groups is 1. The number of aromatic nitrogens is 2. The molecule has 2 N–H and O–H groups in total. The van der Waals surface area contributed by atoms with Crippen molar-refractivity contribution >= 4 is 16.9 Å². The Labute approximate surface area is 79.3 Å². The summed E-state index contributed by atoms with van der Waals surface area (Å²) in [6.45, 7) is 1.33. The zero-order valence-corrected chi connectivity index (χ0v) is 7.44. The molecule has 1 heterocycles. The average Bonchev–Trinajstić information content (AvgIpc) is 2.46. The Balaban J connectivity index is 2.46. The third kappa shape index (κ3) is 1.39. The first-order valence-corrected chi connectivity index (χ1v) is 4.02. The highest BCUT2D eigenvalue weighted by molar-refractivity contribution is 5.85. The lowest BCUT2D eigenvalue weighted by molar-refractivity contribution is -0.131. The Bertz CT molecular complexity index is 490. The van der Waals surface area contributed by atoms with Crippen molar-refractivity contribution < 1.29 is 14.6 Å². The summed E-state index contributed by atoms with van der Waals surface area (Å²) in [5, 5.41) is 16.0. The standard InChI is InChI=1S/C9H8N2O3/c1-5(12)14-6-2-3-7-8(4-6)10-11-9(7)13/h2-4H,1H3,(H2,10,11,13). The summed E-state index contributed by atoms with van der Waals surface area (Å²) in [7, 11) is 0. The fraction of sp³-hybridized carbons (Fsp3) is 0.111. The molecule has 2 rings (SSSR count). The number of aromatic amines is 1. The molecule has 72 valence electrons. The molecule has 5 nitrogen and oxygen atoms in total. The first-order chi connectivity index (χ1) is 6.66. The van der Waals surface area contributed by atoms with Gasteiger partial charge < -0.3 is 9.84 Å². The van der Waals surface area contributed by atoms with Gasteiger partial charge in [-0.3, -0.25) is 9.89 Å². The smallest absolute Gasteiger partial charge is 0.308 e. The Morgan fingerprint density at radius 1 is 1.57 bits per heavy atom. The van der Waals surface area contributed by atoms with Gasteiger partial charge >= 0.3 is 5.97 Å². The van der Waals surface area contributed by atoms with Crippen molar-refractivity contribution in [3.05, 3.63) is 18.2 Å². The molecule has 0 radical (unpaired) electrons. The number of fused-ring (bicyclic) bond motifs is 1. The van der Waals surface area contributed by atoms with E-state index in [1.807, 2.05) is 0 Å². The molecular formula is C9H8N2O3. The van der Waals surface area contributed by atoms with Crippen LogP contribution in [0.3, 0.4) is 0 Å². The van der Waals surface area contributed by atoms with Crippen LogP contribution < -0.4 is 4.74 Å². The van der Waals surface area contributed by atoms with Crippen molar-refractivity contribution in [2.75, 3.05) is 0 Å². The van der Waals surface area contributed by atoms with E-state index in [9.17, 15) is 9.90 Å². The molecule has 0 fully saturated rings. The summed E-state index contributed by atoms with van der Waals surface area (Å²) in [5.41, 5.74) is 0.626. The van der Waals surface area contributed by atoms with Gasteiger partial charge in [0.05, 0.1) is 10.9 Å². The van der Waals surface area contributed by atoms with Crippen molar-refractivity contribution in [1.29, 1.82) is 0 Å². The van der Waals surface area contributed by atoms with Crippen LogP contribution in [0.2, 0.25) is 0 Å². The van der Waals surface area contributed by atoms with E-state index >= 15 is 0 Å². The third-order valence-corrected chi connectivity index (χ3v) is 1.78. The second-order valence-electron chi connectivity index (χ2n) is 2.85. The maximum absolute atomic E-state index is 10.7. The molecule has 5 heteroatoms. The quantitative estimate of drug-likeness (QED) is 0.525. The van der Waals surface area contributed by atoms with Gasteiger partial charge in [-0.15, -0.1) is 5.10 Å². The van der Waals surface area contributed by atoms with Gasteiger partial charge in [0, 0.05) is 13.0 Å². The second-order valence-corrected chi connectivity index (χ2v) is 2.85. The lowest BCUT2D eigenvalue weighted by Crippen LogP contribution is -2.00. The highest BCUT2D eigenvalue weighted by Crippen LogP contribution is 2.24. The molecule has 0 bridgehead atoms. The Kier molecular flexibility index (Phi) is 1.85. The van der Waals surface area contributed by atoms with E-state index < -0.39 is 0 Å². The van der Waals surface area contributed by atoms with Crippen LogP contribution in [-0.2, 0) is 4.79 Å². The molecule has 0 spiro atoms. The van der Waals surface area contributed by atoms with Crippen LogP contribution in [0.15, 0.2) is 18.2 Å². The van der Waals surface area contributed by atoms with Gasteiger partial charge in [-0.2, -0.15) is 0 Å². The number of H-pyrrole nitrogens is 1. The minimum atomic E-state index is -0.381. The number of carbonyl (C=O) groups excluding carboxylic acids is 1. The third-order valence-electron chi connectivity index (χ3n) is 1.78. The second kappa shape index (κ2) is 3.02. The van der Waals surface area contributed by atoms with Crippen molar-refractivity contribution in [1.82, 2.24) is 10.2 Å². The molecule has 1 aromatic heterocycles. The van der Waals surface area contributed by atoms with E-state index in [1.54, 1.807) is 18.2 Å². The SMILES string of the molecule is CC(=O)Oc1ccc2c(O)n[nH]c2c1. The number of rotatable bonds is 1. The molecule has 0 aliphatic rings. The van der Waals surface area contributed by atoms with Gasteiger partial charge in [-0.25, -0.2) is 0 Å². The van der Waals surface area contributed by atoms with E-state index in [4.69, 9.17) is 4.74 Å². The summed E-state index contributed by atoms with van der Waals surface area (Å²) in [6.07, 6.45) is 0. The molecule has 0 unspecified atom stereocenters. The van der Waals surface area contributed by atoms with E-state index in [-0.39, 0.29) is 11.8 Å². The predicted molar refractivity (Wildman–Crippen MR) is 49.1 cm³/mol. The van der Waals surface area contributed by atoms with Crippen LogP contribution in [0.4, 0.5) is 0 Å². The maximum Gasteiger partial charge on any atom is 0.308 e. The first kappa shape index (κ1) is 8.55. The molecule has 1 aromatic carbocycles. The zero-order valence-electron chi connectivity index (χ0n) is 7.44. The van der Waals surface area contributed by atoms with E-state index in [0.29, 0.717) is 16.7 Å². The lowest BCUT2D eigenvalue weighted by atomic mass is 10.2. The fourth-order valence-corrected chi connectivity index (χ4v) is 1.21. The van der Waals surface area contributed by atoms with Gasteiger partial charge in [-0.1, -0.05) is 0 Å². The van der Waals surface area contributed by atoms with Crippen LogP contribution in [-0.4, -0.2) is 21.3 Å². The Morgan fingerprint density at radius 2 is 2.36 bits per heavy atom. The van der Waals surface area contributed by atoms with Gasteiger partial charge in [-0.05, 0) is 12.1 Å². The van der Waals surface area contributed by atoms with Crippen LogP contribution >= 0.6 is 0 Å². The predicted octanol–water partition coefficient (Wildman–Crippen LogP) is 1.19. The molecule has 0 atom stereocenters. The highest BCUT2D eigenvalue weighted by Gasteiger charge is 2.05. The van der Waals surface area contributed by atoms with Gasteiger partial charge in [0.25, 0.3) is 0 Å². The number of benzene rings is 1.